The van der Waals surface area contributed by atoms with E-state index in [-0.39, 0.29) is 0 Å². The molecule has 1 aromatic heterocycles. The highest BCUT2D eigenvalue weighted by Crippen LogP contribution is 2.28. The molecule has 0 unspecified atom stereocenters. The van der Waals surface area contributed by atoms with Crippen molar-refractivity contribution in [3.63, 3.8) is 0 Å². The predicted octanol–water partition coefficient (Wildman–Crippen LogP) is 5.58. The van der Waals surface area contributed by atoms with Crippen LogP contribution in [0, 0.1) is 13.8 Å². The molecular formula is C21H22N2OS. The normalized spacial score (nSPS) is 10.7. The first kappa shape index (κ1) is 17.4. The minimum atomic E-state index is 0.521. The predicted molar refractivity (Wildman–Crippen MR) is 109 cm³/mol. The molecule has 1 heterocycles. The Balaban J connectivity index is 1.87. The third-order valence-corrected chi connectivity index (χ3v) is 4.83. The average molecular weight is 350 g/mol. The summed E-state index contributed by atoms with van der Waals surface area (Å²) in [6.45, 7) is 6.80. The zero-order chi connectivity index (χ0) is 17.8. The Morgan fingerprint density at radius 1 is 1.16 bits per heavy atom. The van der Waals surface area contributed by atoms with Crippen LogP contribution in [0.2, 0.25) is 0 Å². The van der Waals surface area contributed by atoms with Crippen LogP contribution in [0.15, 0.2) is 48.8 Å². The molecule has 2 aromatic carbocycles. The molecule has 25 heavy (non-hydrogen) atoms. The van der Waals surface area contributed by atoms with Crippen LogP contribution in [0.4, 0.5) is 5.69 Å². The molecule has 3 rings (SSSR count). The number of thiocarbonyl (C=S) groups is 1. The zero-order valence-corrected chi connectivity index (χ0v) is 15.6. The topological polar surface area (TPSA) is 34.1 Å². The summed E-state index contributed by atoms with van der Waals surface area (Å²) >= 11 is 5.32. The Kier molecular flexibility index (Phi) is 5.29. The van der Waals surface area contributed by atoms with Crippen LogP contribution < -0.4 is 10.1 Å². The first-order valence-electron chi connectivity index (χ1n) is 8.44. The van der Waals surface area contributed by atoms with Crippen molar-refractivity contribution in [3.05, 3.63) is 65.5 Å². The third kappa shape index (κ3) is 3.80. The molecule has 3 nitrogen and oxygen atoms in total. The molecule has 0 saturated carbocycles. The molecule has 3 aromatic rings. The Morgan fingerprint density at radius 2 is 2.00 bits per heavy atom. The van der Waals surface area contributed by atoms with Gasteiger partial charge in [0.05, 0.1) is 4.99 Å². The second-order valence-electron chi connectivity index (χ2n) is 6.08. The highest BCUT2D eigenvalue weighted by Gasteiger charge is 2.10. The summed E-state index contributed by atoms with van der Waals surface area (Å²) in [5.41, 5.74) is 4.64. The van der Waals surface area contributed by atoms with Crippen LogP contribution in [0.5, 0.6) is 5.75 Å². The number of pyridine rings is 1. The summed E-state index contributed by atoms with van der Waals surface area (Å²) in [6, 6.07) is 12.2. The van der Waals surface area contributed by atoms with E-state index >= 15 is 0 Å². The Bertz CT molecular complexity index is 916. The lowest BCUT2D eigenvalue weighted by atomic mass is 10.0. The molecule has 0 saturated heterocycles. The minimum absolute atomic E-state index is 0.521. The summed E-state index contributed by atoms with van der Waals surface area (Å²) in [4.78, 5) is 5.02. The molecule has 0 fully saturated rings. The molecule has 0 aliphatic carbocycles. The number of anilines is 1. The quantitative estimate of drug-likeness (QED) is 0.609. The average Bonchev–Trinajstić information content (AvgIpc) is 2.64. The largest absolute Gasteiger partial charge is 0.488 e. The van der Waals surface area contributed by atoms with Gasteiger partial charge in [-0.3, -0.25) is 4.98 Å². The first-order valence-corrected chi connectivity index (χ1v) is 8.85. The van der Waals surface area contributed by atoms with E-state index in [1.165, 1.54) is 16.7 Å². The standard InChI is InChI=1S/C21H22N2OS/c1-4-21(25)23-19-9-8-14(2)18(15(19)3)13-24-20-7-5-6-16-12-22-11-10-17(16)20/h5-12H,4,13H2,1-3H3,(H,23,25). The Labute approximate surface area is 154 Å². The van der Waals surface area contributed by atoms with E-state index in [1.807, 2.05) is 30.5 Å². The van der Waals surface area contributed by atoms with E-state index in [2.05, 4.69) is 43.2 Å². The lowest BCUT2D eigenvalue weighted by molar-refractivity contribution is 0.308. The summed E-state index contributed by atoms with van der Waals surface area (Å²) < 4.78 is 6.16. The number of nitrogens with zero attached hydrogens (tertiary/aromatic N) is 1. The molecule has 128 valence electrons. The highest BCUT2D eigenvalue weighted by molar-refractivity contribution is 7.80. The van der Waals surface area contributed by atoms with E-state index in [0.717, 1.165) is 33.6 Å². The number of ether oxygens (including phenoxy) is 1. The zero-order valence-electron chi connectivity index (χ0n) is 14.8. The first-order chi connectivity index (χ1) is 12.1. The van der Waals surface area contributed by atoms with Crippen LogP contribution in [-0.2, 0) is 6.61 Å². The van der Waals surface area contributed by atoms with Crippen LogP contribution in [0.25, 0.3) is 10.8 Å². The molecule has 4 heteroatoms. The van der Waals surface area contributed by atoms with Crippen molar-refractivity contribution in [2.75, 3.05) is 5.32 Å². The number of hydrogen-bond acceptors (Lipinski definition) is 3. The fourth-order valence-corrected chi connectivity index (χ4v) is 2.97. The van der Waals surface area contributed by atoms with Gasteiger partial charge in [0, 0.05) is 28.9 Å². The van der Waals surface area contributed by atoms with Crippen LogP contribution >= 0.6 is 12.2 Å². The van der Waals surface area contributed by atoms with Crippen molar-refractivity contribution in [1.29, 1.82) is 0 Å². The molecular weight excluding hydrogens is 328 g/mol. The molecule has 0 radical (unpaired) electrons. The molecule has 0 bridgehead atoms. The van der Waals surface area contributed by atoms with Gasteiger partial charge in [0.25, 0.3) is 0 Å². The van der Waals surface area contributed by atoms with Crippen molar-refractivity contribution < 1.29 is 4.74 Å². The van der Waals surface area contributed by atoms with E-state index in [0.29, 0.717) is 6.61 Å². The molecule has 0 aliphatic heterocycles. The van der Waals surface area contributed by atoms with Gasteiger partial charge in [0.1, 0.15) is 12.4 Å². The number of aryl methyl sites for hydroxylation is 1. The van der Waals surface area contributed by atoms with Crippen LogP contribution in [0.3, 0.4) is 0 Å². The maximum atomic E-state index is 6.16. The maximum Gasteiger partial charge on any atom is 0.127 e. The molecule has 1 N–H and O–H groups in total. The number of aromatic nitrogens is 1. The van der Waals surface area contributed by atoms with Gasteiger partial charge in [-0.15, -0.1) is 0 Å². The monoisotopic (exact) mass is 350 g/mol. The Hall–Kier alpha value is -2.46. The minimum Gasteiger partial charge on any atom is -0.488 e. The summed E-state index contributed by atoms with van der Waals surface area (Å²) in [6.07, 6.45) is 4.48. The van der Waals surface area contributed by atoms with Crippen molar-refractivity contribution in [3.8, 4) is 5.75 Å². The molecule has 0 atom stereocenters. The van der Waals surface area contributed by atoms with Crippen LogP contribution in [0.1, 0.15) is 30.0 Å². The van der Waals surface area contributed by atoms with E-state index < -0.39 is 0 Å². The van der Waals surface area contributed by atoms with Gasteiger partial charge in [0.2, 0.25) is 0 Å². The Morgan fingerprint density at radius 3 is 2.80 bits per heavy atom. The van der Waals surface area contributed by atoms with Gasteiger partial charge in [0.15, 0.2) is 0 Å². The van der Waals surface area contributed by atoms with Gasteiger partial charge in [-0.2, -0.15) is 0 Å². The summed E-state index contributed by atoms with van der Waals surface area (Å²) in [7, 11) is 0. The van der Waals surface area contributed by atoms with Gasteiger partial charge in [-0.1, -0.05) is 37.3 Å². The number of hydrogen-bond donors (Lipinski definition) is 1. The third-order valence-electron chi connectivity index (χ3n) is 4.44. The maximum absolute atomic E-state index is 6.16. The van der Waals surface area contributed by atoms with E-state index in [4.69, 9.17) is 17.0 Å². The molecule has 0 aliphatic rings. The second-order valence-corrected chi connectivity index (χ2v) is 6.57. The van der Waals surface area contributed by atoms with Crippen molar-refractivity contribution in [2.45, 2.75) is 33.8 Å². The van der Waals surface area contributed by atoms with E-state index in [1.54, 1.807) is 6.20 Å². The van der Waals surface area contributed by atoms with Gasteiger partial charge >= 0.3 is 0 Å². The fraction of sp³-hybridized carbons (Fsp3) is 0.238. The number of benzene rings is 2. The number of fused-ring (bicyclic) bond motifs is 1. The van der Waals surface area contributed by atoms with Gasteiger partial charge in [-0.05, 0) is 55.2 Å². The SMILES string of the molecule is CCC(=S)Nc1ccc(C)c(COc2cccc3cnccc23)c1C. The molecule has 0 amide bonds. The van der Waals surface area contributed by atoms with Gasteiger partial charge in [-0.25, -0.2) is 0 Å². The lowest BCUT2D eigenvalue weighted by Gasteiger charge is -2.17. The second kappa shape index (κ2) is 7.62. The van der Waals surface area contributed by atoms with Crippen molar-refractivity contribution >= 4 is 33.7 Å². The van der Waals surface area contributed by atoms with Crippen molar-refractivity contribution in [1.82, 2.24) is 4.98 Å². The smallest absolute Gasteiger partial charge is 0.127 e. The van der Waals surface area contributed by atoms with Crippen LogP contribution in [-0.4, -0.2) is 9.97 Å². The highest BCUT2D eigenvalue weighted by atomic mass is 32.1. The number of rotatable bonds is 5. The van der Waals surface area contributed by atoms with E-state index in [9.17, 15) is 0 Å². The van der Waals surface area contributed by atoms with Gasteiger partial charge < -0.3 is 10.1 Å². The molecule has 0 spiro atoms. The lowest BCUT2D eigenvalue weighted by Crippen LogP contribution is -2.10. The summed E-state index contributed by atoms with van der Waals surface area (Å²) in [5.74, 6) is 0.876. The fourth-order valence-electron chi connectivity index (χ4n) is 2.86. The van der Waals surface area contributed by atoms with Crippen molar-refractivity contribution in [2.24, 2.45) is 0 Å². The summed E-state index contributed by atoms with van der Waals surface area (Å²) in [5, 5.41) is 5.48. The number of nitrogens with one attached hydrogen (secondary N) is 1.